The number of nitrogens with zero attached hydrogens (tertiary/aromatic N) is 2. The molecule has 20 heavy (non-hydrogen) atoms. The lowest BCUT2D eigenvalue weighted by atomic mass is 9.76. The molecule has 0 amide bonds. The van der Waals surface area contributed by atoms with Crippen LogP contribution in [-0.2, 0) is 0 Å². The smallest absolute Gasteiger partial charge is 0.237 e. The summed E-state index contributed by atoms with van der Waals surface area (Å²) in [6, 6.07) is 0.232. The predicted molar refractivity (Wildman–Crippen MR) is 80.7 cm³/mol. The van der Waals surface area contributed by atoms with E-state index in [4.69, 9.17) is 4.74 Å². The number of methoxy groups -OCH3 is 1. The van der Waals surface area contributed by atoms with Crippen molar-refractivity contribution in [3.63, 3.8) is 0 Å². The average Bonchev–Trinajstić information content (AvgIpc) is 2.79. The van der Waals surface area contributed by atoms with Crippen LogP contribution in [0.1, 0.15) is 58.2 Å². The molecule has 4 heteroatoms. The molecule has 1 fully saturated rings. The lowest BCUT2D eigenvalue weighted by Crippen LogP contribution is -2.35. The van der Waals surface area contributed by atoms with Crippen LogP contribution in [0.3, 0.4) is 0 Å². The first-order valence-electron chi connectivity index (χ1n) is 7.68. The Morgan fingerprint density at radius 1 is 1.40 bits per heavy atom. The van der Waals surface area contributed by atoms with Crippen LogP contribution in [0.2, 0.25) is 0 Å². The minimum Gasteiger partial charge on any atom is -0.480 e. The highest BCUT2D eigenvalue weighted by Gasteiger charge is 2.41. The average molecular weight is 277 g/mol. The van der Waals surface area contributed by atoms with Crippen LogP contribution >= 0.6 is 0 Å². The lowest BCUT2D eigenvalue weighted by Gasteiger charge is -2.34. The Hall–Kier alpha value is -1.16. The maximum Gasteiger partial charge on any atom is 0.237 e. The molecule has 1 heterocycles. The highest BCUT2D eigenvalue weighted by atomic mass is 16.5. The van der Waals surface area contributed by atoms with Crippen molar-refractivity contribution >= 4 is 0 Å². The van der Waals surface area contributed by atoms with Crippen LogP contribution in [0.25, 0.3) is 0 Å². The molecule has 1 N–H and O–H groups in total. The van der Waals surface area contributed by atoms with Crippen LogP contribution in [0.4, 0.5) is 0 Å². The predicted octanol–water partition coefficient (Wildman–Crippen LogP) is 3.35. The Kier molecular flexibility index (Phi) is 4.97. The molecule has 0 radical (unpaired) electrons. The molecule has 1 aromatic heterocycles. The van der Waals surface area contributed by atoms with E-state index in [2.05, 4.69) is 36.1 Å². The summed E-state index contributed by atoms with van der Waals surface area (Å²) >= 11 is 0. The normalized spacial score (nSPS) is 22.7. The Balaban J connectivity index is 2.32. The molecular weight excluding hydrogens is 250 g/mol. The summed E-state index contributed by atoms with van der Waals surface area (Å²) in [5, 5.41) is 3.68. The van der Waals surface area contributed by atoms with Crippen LogP contribution in [0.15, 0.2) is 12.4 Å². The van der Waals surface area contributed by atoms with E-state index < -0.39 is 0 Å². The summed E-state index contributed by atoms with van der Waals surface area (Å²) < 4.78 is 5.42. The number of hydrogen-bond acceptors (Lipinski definition) is 4. The van der Waals surface area contributed by atoms with Gasteiger partial charge >= 0.3 is 0 Å². The van der Waals surface area contributed by atoms with Crippen molar-refractivity contribution in [2.75, 3.05) is 13.7 Å². The molecule has 112 valence electrons. The fourth-order valence-corrected chi connectivity index (χ4v) is 3.41. The fraction of sp³-hybridized carbons (Fsp3) is 0.750. The van der Waals surface area contributed by atoms with Crippen molar-refractivity contribution < 1.29 is 4.74 Å². The molecule has 4 nitrogen and oxygen atoms in total. The molecule has 0 spiro atoms. The van der Waals surface area contributed by atoms with E-state index in [1.807, 2.05) is 0 Å². The summed E-state index contributed by atoms with van der Waals surface area (Å²) in [5.74, 6) is 1.24. The number of rotatable bonds is 6. The molecular formula is C16H27N3O. The van der Waals surface area contributed by atoms with Gasteiger partial charge in [-0.15, -0.1) is 0 Å². The van der Waals surface area contributed by atoms with Crippen LogP contribution in [0, 0.1) is 11.3 Å². The summed E-state index contributed by atoms with van der Waals surface area (Å²) in [6.45, 7) is 7.93. The molecule has 2 unspecified atom stereocenters. The number of hydrogen-bond donors (Lipinski definition) is 1. The molecule has 1 aliphatic rings. The molecule has 0 aliphatic heterocycles. The molecule has 0 bridgehead atoms. The summed E-state index contributed by atoms with van der Waals surface area (Å²) in [6.07, 6.45) is 8.40. The van der Waals surface area contributed by atoms with Gasteiger partial charge in [-0.1, -0.05) is 27.2 Å². The zero-order valence-electron chi connectivity index (χ0n) is 13.1. The molecule has 2 atom stereocenters. The second-order valence-corrected chi connectivity index (χ2v) is 6.37. The molecule has 1 aliphatic carbocycles. The minimum atomic E-state index is 0.232. The van der Waals surface area contributed by atoms with Gasteiger partial charge in [0.15, 0.2) is 0 Å². The second-order valence-electron chi connectivity index (χ2n) is 6.37. The van der Waals surface area contributed by atoms with Crippen molar-refractivity contribution in [2.45, 2.75) is 52.5 Å². The van der Waals surface area contributed by atoms with E-state index in [1.165, 1.54) is 19.3 Å². The van der Waals surface area contributed by atoms with Crippen molar-refractivity contribution in [1.82, 2.24) is 15.3 Å². The van der Waals surface area contributed by atoms with E-state index in [-0.39, 0.29) is 6.04 Å². The molecule has 0 aromatic carbocycles. The largest absolute Gasteiger partial charge is 0.480 e. The van der Waals surface area contributed by atoms with Gasteiger partial charge in [-0.05, 0) is 37.1 Å². The zero-order valence-corrected chi connectivity index (χ0v) is 13.1. The SMILES string of the molecule is CCCNC(c1nccnc1OC)C1CCCC1(C)C. The highest BCUT2D eigenvalue weighted by molar-refractivity contribution is 5.23. The van der Waals surface area contributed by atoms with Gasteiger partial charge in [0.1, 0.15) is 5.69 Å². The van der Waals surface area contributed by atoms with Crippen LogP contribution in [-0.4, -0.2) is 23.6 Å². The van der Waals surface area contributed by atoms with Gasteiger partial charge in [-0.3, -0.25) is 4.98 Å². The van der Waals surface area contributed by atoms with E-state index in [1.54, 1.807) is 19.5 Å². The highest BCUT2D eigenvalue weighted by Crippen LogP contribution is 2.49. The third-order valence-corrected chi connectivity index (χ3v) is 4.54. The van der Waals surface area contributed by atoms with Gasteiger partial charge in [-0.25, -0.2) is 4.98 Å². The van der Waals surface area contributed by atoms with Crippen molar-refractivity contribution in [3.8, 4) is 5.88 Å². The summed E-state index contributed by atoms with van der Waals surface area (Å²) in [7, 11) is 1.67. The zero-order chi connectivity index (χ0) is 14.6. The quantitative estimate of drug-likeness (QED) is 0.866. The molecule has 1 saturated carbocycles. The van der Waals surface area contributed by atoms with E-state index in [0.717, 1.165) is 18.7 Å². The van der Waals surface area contributed by atoms with Crippen molar-refractivity contribution in [1.29, 1.82) is 0 Å². The van der Waals surface area contributed by atoms with Crippen LogP contribution in [0.5, 0.6) is 5.88 Å². The topological polar surface area (TPSA) is 47.0 Å². The second kappa shape index (κ2) is 6.53. The van der Waals surface area contributed by atoms with Gasteiger partial charge < -0.3 is 10.1 Å². The first kappa shape index (κ1) is 15.2. The van der Waals surface area contributed by atoms with Gasteiger partial charge in [0.05, 0.1) is 13.2 Å². The third kappa shape index (κ3) is 3.11. The number of ether oxygens (including phenoxy) is 1. The van der Waals surface area contributed by atoms with E-state index in [9.17, 15) is 0 Å². The molecule has 1 aromatic rings. The van der Waals surface area contributed by atoms with Crippen LogP contribution < -0.4 is 10.1 Å². The fourth-order valence-electron chi connectivity index (χ4n) is 3.41. The Bertz CT molecular complexity index is 433. The number of nitrogens with one attached hydrogen (secondary N) is 1. The van der Waals surface area contributed by atoms with Crippen molar-refractivity contribution in [3.05, 3.63) is 18.1 Å². The van der Waals surface area contributed by atoms with Gasteiger partial charge in [-0.2, -0.15) is 0 Å². The Morgan fingerprint density at radius 2 is 2.15 bits per heavy atom. The monoisotopic (exact) mass is 277 g/mol. The minimum absolute atomic E-state index is 0.232. The maximum atomic E-state index is 5.42. The number of aromatic nitrogens is 2. The maximum absolute atomic E-state index is 5.42. The van der Waals surface area contributed by atoms with Gasteiger partial charge in [0.2, 0.25) is 5.88 Å². The first-order valence-corrected chi connectivity index (χ1v) is 7.68. The summed E-state index contributed by atoms with van der Waals surface area (Å²) in [5.41, 5.74) is 1.30. The van der Waals surface area contributed by atoms with Gasteiger partial charge in [0, 0.05) is 12.4 Å². The Labute approximate surface area is 122 Å². The third-order valence-electron chi connectivity index (χ3n) is 4.54. The Morgan fingerprint density at radius 3 is 2.75 bits per heavy atom. The summed E-state index contributed by atoms with van der Waals surface area (Å²) in [4.78, 5) is 8.88. The molecule has 0 saturated heterocycles. The molecule has 2 rings (SSSR count). The first-order chi connectivity index (χ1) is 9.60. The lowest BCUT2D eigenvalue weighted by molar-refractivity contribution is 0.191. The van der Waals surface area contributed by atoms with Gasteiger partial charge in [0.25, 0.3) is 0 Å². The van der Waals surface area contributed by atoms with Crippen molar-refractivity contribution in [2.24, 2.45) is 11.3 Å². The van der Waals surface area contributed by atoms with E-state index >= 15 is 0 Å². The van der Waals surface area contributed by atoms with E-state index in [0.29, 0.717) is 17.2 Å². The standard InChI is InChI=1S/C16H27N3O/c1-5-9-17-13(12-7-6-8-16(12,2)3)14-15(20-4)19-11-10-18-14/h10-13,17H,5-9H2,1-4H3.